The summed E-state index contributed by atoms with van der Waals surface area (Å²) in [6.07, 6.45) is 3.02. The number of rotatable bonds is 1. The number of nitrogens with one attached hydrogen (secondary N) is 1. The van der Waals surface area contributed by atoms with Crippen molar-refractivity contribution in [1.29, 1.82) is 0 Å². The summed E-state index contributed by atoms with van der Waals surface area (Å²) in [5.41, 5.74) is 2.76. The van der Waals surface area contributed by atoms with E-state index in [-0.39, 0.29) is 6.03 Å². The maximum Gasteiger partial charge on any atom is 0.322 e. The van der Waals surface area contributed by atoms with Crippen molar-refractivity contribution in [1.82, 2.24) is 9.88 Å². The molecule has 0 aliphatic carbocycles. The van der Waals surface area contributed by atoms with Gasteiger partial charge in [-0.2, -0.15) is 0 Å². The number of anilines is 1. The zero-order chi connectivity index (χ0) is 13.1. The van der Waals surface area contributed by atoms with E-state index in [1.807, 2.05) is 6.92 Å². The van der Waals surface area contributed by atoms with Gasteiger partial charge in [0.15, 0.2) is 0 Å². The molecule has 1 aliphatic heterocycles. The van der Waals surface area contributed by atoms with E-state index in [0.717, 1.165) is 18.7 Å². The fourth-order valence-corrected chi connectivity index (χ4v) is 2.00. The van der Waals surface area contributed by atoms with E-state index in [1.54, 1.807) is 17.0 Å². The smallest absolute Gasteiger partial charge is 0.320 e. The highest BCUT2D eigenvalue weighted by molar-refractivity contribution is 6.29. The molecule has 2 amide bonds. The van der Waals surface area contributed by atoms with Crippen molar-refractivity contribution in [2.24, 2.45) is 0 Å². The molecule has 0 atom stereocenters. The van der Waals surface area contributed by atoms with E-state index >= 15 is 0 Å². The third-order valence-electron chi connectivity index (χ3n) is 3.02. The number of hydrogen-bond acceptors (Lipinski definition) is 2. The van der Waals surface area contributed by atoms with Crippen molar-refractivity contribution in [3.05, 3.63) is 34.6 Å². The normalized spacial score (nSPS) is 15.3. The van der Waals surface area contributed by atoms with E-state index in [1.165, 1.54) is 5.57 Å². The molecule has 0 aromatic carbocycles. The van der Waals surface area contributed by atoms with Gasteiger partial charge in [0.25, 0.3) is 0 Å². The molecule has 0 unspecified atom stereocenters. The lowest BCUT2D eigenvalue weighted by molar-refractivity contribution is 0.215. The van der Waals surface area contributed by atoms with Gasteiger partial charge in [-0.25, -0.2) is 9.78 Å². The summed E-state index contributed by atoms with van der Waals surface area (Å²) < 4.78 is 0. The predicted molar refractivity (Wildman–Crippen MR) is 72.9 cm³/mol. The average molecular weight is 266 g/mol. The third-order valence-corrected chi connectivity index (χ3v) is 3.23. The minimum atomic E-state index is -0.0917. The Kier molecular flexibility index (Phi) is 3.87. The SMILES string of the molecule is CC1=CCN(C(=O)Nc2ccc(Cl)nc2C)CC1. The van der Waals surface area contributed by atoms with Gasteiger partial charge < -0.3 is 10.2 Å². The van der Waals surface area contributed by atoms with Crippen LogP contribution < -0.4 is 5.32 Å². The monoisotopic (exact) mass is 265 g/mol. The zero-order valence-corrected chi connectivity index (χ0v) is 11.3. The molecule has 2 heterocycles. The highest BCUT2D eigenvalue weighted by atomic mass is 35.5. The first-order chi connectivity index (χ1) is 8.56. The Hall–Kier alpha value is -1.55. The first-order valence-electron chi connectivity index (χ1n) is 5.91. The maximum atomic E-state index is 12.0. The molecular weight excluding hydrogens is 250 g/mol. The molecule has 0 saturated heterocycles. The molecule has 1 aliphatic rings. The van der Waals surface area contributed by atoms with Crippen molar-refractivity contribution in [3.8, 4) is 0 Å². The molecular formula is C13H16ClN3O. The van der Waals surface area contributed by atoms with Crippen LogP contribution in [0.3, 0.4) is 0 Å². The lowest BCUT2D eigenvalue weighted by atomic mass is 10.1. The van der Waals surface area contributed by atoms with Crippen LogP contribution in [0.5, 0.6) is 0 Å². The molecule has 0 spiro atoms. The number of urea groups is 1. The van der Waals surface area contributed by atoms with Crippen molar-refractivity contribution in [2.45, 2.75) is 20.3 Å². The number of halogens is 1. The summed E-state index contributed by atoms with van der Waals surface area (Å²) in [5.74, 6) is 0. The Bertz CT molecular complexity index is 499. The van der Waals surface area contributed by atoms with E-state index in [0.29, 0.717) is 17.4 Å². The van der Waals surface area contributed by atoms with Crippen molar-refractivity contribution in [2.75, 3.05) is 18.4 Å². The second-order valence-electron chi connectivity index (χ2n) is 4.44. The summed E-state index contributed by atoms with van der Waals surface area (Å²) in [6, 6.07) is 3.35. The van der Waals surface area contributed by atoms with E-state index < -0.39 is 0 Å². The highest BCUT2D eigenvalue weighted by Gasteiger charge is 2.16. The lowest BCUT2D eigenvalue weighted by Gasteiger charge is -2.25. The van der Waals surface area contributed by atoms with Gasteiger partial charge in [-0.3, -0.25) is 0 Å². The van der Waals surface area contributed by atoms with Crippen molar-refractivity contribution >= 4 is 23.3 Å². The molecule has 1 N–H and O–H groups in total. The summed E-state index contributed by atoms with van der Waals surface area (Å²) in [5, 5.41) is 3.29. The molecule has 1 aromatic heterocycles. The number of nitrogens with zero attached hydrogens (tertiary/aromatic N) is 2. The Labute approximate surface area is 112 Å². The minimum Gasteiger partial charge on any atom is -0.320 e. The molecule has 0 radical (unpaired) electrons. The molecule has 96 valence electrons. The van der Waals surface area contributed by atoms with Crippen LogP contribution in [0.25, 0.3) is 0 Å². The van der Waals surface area contributed by atoms with Crippen LogP contribution >= 0.6 is 11.6 Å². The van der Waals surface area contributed by atoms with E-state index in [4.69, 9.17) is 11.6 Å². The molecule has 2 rings (SSSR count). The predicted octanol–water partition coefficient (Wildman–Crippen LogP) is 3.23. The van der Waals surface area contributed by atoms with Crippen LogP contribution in [0.4, 0.5) is 10.5 Å². The highest BCUT2D eigenvalue weighted by Crippen LogP contribution is 2.17. The standard InChI is InChI=1S/C13H16ClN3O/c1-9-5-7-17(8-6-9)13(18)16-11-3-4-12(14)15-10(11)2/h3-5H,6-8H2,1-2H3,(H,16,18). The zero-order valence-electron chi connectivity index (χ0n) is 10.5. The van der Waals surface area contributed by atoms with Gasteiger partial charge in [0.2, 0.25) is 0 Å². The van der Waals surface area contributed by atoms with Crippen molar-refractivity contribution < 1.29 is 4.79 Å². The van der Waals surface area contributed by atoms with Gasteiger partial charge >= 0.3 is 6.03 Å². The largest absolute Gasteiger partial charge is 0.322 e. The van der Waals surface area contributed by atoms with Gasteiger partial charge in [-0.05, 0) is 32.4 Å². The average Bonchev–Trinajstić information content (AvgIpc) is 2.33. The van der Waals surface area contributed by atoms with Gasteiger partial charge in [0.1, 0.15) is 5.15 Å². The summed E-state index contributed by atoms with van der Waals surface area (Å²) in [7, 11) is 0. The topological polar surface area (TPSA) is 45.2 Å². The summed E-state index contributed by atoms with van der Waals surface area (Å²) >= 11 is 5.78. The van der Waals surface area contributed by atoms with Crippen LogP contribution in [0.1, 0.15) is 19.0 Å². The van der Waals surface area contributed by atoms with E-state index in [2.05, 4.69) is 23.3 Å². The second-order valence-corrected chi connectivity index (χ2v) is 4.83. The lowest BCUT2D eigenvalue weighted by Crippen LogP contribution is -2.38. The van der Waals surface area contributed by atoms with Gasteiger partial charge in [0, 0.05) is 13.1 Å². The Balaban J connectivity index is 2.03. The van der Waals surface area contributed by atoms with Gasteiger partial charge in [-0.15, -0.1) is 0 Å². The molecule has 0 saturated carbocycles. The first-order valence-corrected chi connectivity index (χ1v) is 6.29. The van der Waals surface area contributed by atoms with Gasteiger partial charge in [-0.1, -0.05) is 23.3 Å². The van der Waals surface area contributed by atoms with Crippen molar-refractivity contribution in [3.63, 3.8) is 0 Å². The molecule has 0 fully saturated rings. The van der Waals surface area contributed by atoms with Crippen LogP contribution in [-0.2, 0) is 0 Å². The van der Waals surface area contributed by atoms with Crippen LogP contribution in [0, 0.1) is 6.92 Å². The fourth-order valence-electron chi connectivity index (χ4n) is 1.81. The molecule has 1 aromatic rings. The Morgan fingerprint density at radius 2 is 2.22 bits per heavy atom. The number of aryl methyl sites for hydroxylation is 1. The molecule has 0 bridgehead atoms. The Morgan fingerprint density at radius 3 is 2.83 bits per heavy atom. The Morgan fingerprint density at radius 1 is 1.44 bits per heavy atom. The van der Waals surface area contributed by atoms with Crippen LogP contribution in [-0.4, -0.2) is 29.0 Å². The molecule has 4 nitrogen and oxygen atoms in total. The quantitative estimate of drug-likeness (QED) is 0.626. The van der Waals surface area contributed by atoms with Gasteiger partial charge in [0.05, 0.1) is 11.4 Å². The number of amides is 2. The number of carbonyl (C=O) groups excluding carboxylic acids is 1. The maximum absolute atomic E-state index is 12.0. The summed E-state index contributed by atoms with van der Waals surface area (Å²) in [4.78, 5) is 17.9. The number of carbonyl (C=O) groups is 1. The summed E-state index contributed by atoms with van der Waals surface area (Å²) in [6.45, 7) is 5.33. The second kappa shape index (κ2) is 5.40. The van der Waals surface area contributed by atoms with Crippen LogP contribution in [0.15, 0.2) is 23.8 Å². The number of pyridine rings is 1. The number of aromatic nitrogens is 1. The van der Waals surface area contributed by atoms with E-state index in [9.17, 15) is 4.79 Å². The van der Waals surface area contributed by atoms with Crippen LogP contribution in [0.2, 0.25) is 5.15 Å². The molecule has 18 heavy (non-hydrogen) atoms. The fraction of sp³-hybridized carbons (Fsp3) is 0.385. The third kappa shape index (κ3) is 3.01. The number of hydrogen-bond donors (Lipinski definition) is 1. The molecule has 5 heteroatoms. The minimum absolute atomic E-state index is 0.0917. The first kappa shape index (κ1) is 12.9.